The summed E-state index contributed by atoms with van der Waals surface area (Å²) in [5.74, 6) is 0.425. The second-order valence-corrected chi connectivity index (χ2v) is 6.60. The molecule has 19 heavy (non-hydrogen) atoms. The molecule has 0 amide bonds. The first-order chi connectivity index (χ1) is 9.03. The average Bonchev–Trinajstić information content (AvgIpc) is 2.89. The van der Waals surface area contributed by atoms with Crippen molar-refractivity contribution in [1.29, 1.82) is 5.26 Å². The van der Waals surface area contributed by atoms with Crippen LogP contribution in [-0.4, -0.2) is 15.0 Å². The van der Waals surface area contributed by atoms with E-state index in [1.165, 1.54) is 31.0 Å². The number of benzene rings is 1. The molecule has 0 radical (unpaired) electrons. The van der Waals surface area contributed by atoms with E-state index in [2.05, 4.69) is 4.72 Å². The third kappa shape index (κ3) is 3.25. The first-order valence-corrected chi connectivity index (χ1v) is 7.80. The number of hydrogen-bond donors (Lipinski definition) is 2. The molecule has 0 unspecified atom stereocenters. The van der Waals surface area contributed by atoms with Gasteiger partial charge in [0.2, 0.25) is 10.0 Å². The van der Waals surface area contributed by atoms with Gasteiger partial charge in [-0.15, -0.1) is 0 Å². The van der Waals surface area contributed by atoms with E-state index in [1.54, 1.807) is 0 Å². The van der Waals surface area contributed by atoms with Gasteiger partial charge in [-0.3, -0.25) is 0 Å². The van der Waals surface area contributed by atoms with Crippen molar-refractivity contribution in [3.63, 3.8) is 0 Å². The molecule has 0 atom stereocenters. The number of nitrogens with two attached hydrogens (primary N) is 1. The Morgan fingerprint density at radius 3 is 2.63 bits per heavy atom. The molecule has 1 aromatic carbocycles. The van der Waals surface area contributed by atoms with Gasteiger partial charge in [-0.25, -0.2) is 13.1 Å². The third-order valence-corrected chi connectivity index (χ3v) is 4.96. The fraction of sp³-hybridized carbons (Fsp3) is 0.462. The summed E-state index contributed by atoms with van der Waals surface area (Å²) in [5.41, 5.74) is 6.16. The van der Waals surface area contributed by atoms with Gasteiger partial charge in [0.25, 0.3) is 0 Å². The number of nitrogen functional groups attached to an aromatic ring is 1. The van der Waals surface area contributed by atoms with Crippen molar-refractivity contribution < 1.29 is 8.42 Å². The van der Waals surface area contributed by atoms with Crippen LogP contribution in [0.4, 0.5) is 5.69 Å². The smallest absolute Gasteiger partial charge is 0.242 e. The van der Waals surface area contributed by atoms with Gasteiger partial charge in [0.1, 0.15) is 4.90 Å². The van der Waals surface area contributed by atoms with Crippen molar-refractivity contribution in [3.8, 4) is 6.07 Å². The Labute approximate surface area is 113 Å². The van der Waals surface area contributed by atoms with E-state index in [0.717, 1.165) is 12.8 Å². The Morgan fingerprint density at radius 1 is 1.37 bits per heavy atom. The fourth-order valence-electron chi connectivity index (χ4n) is 2.38. The standard InChI is InChI=1S/C13H17N3O2S/c14-8-11-5-6-13(12(15)7-11)19(17,18)16-9-10-3-1-2-4-10/h5-7,10,16H,1-4,9,15H2. The highest BCUT2D eigenvalue weighted by Crippen LogP contribution is 2.25. The van der Waals surface area contributed by atoms with Crippen LogP contribution in [0, 0.1) is 17.2 Å². The molecule has 102 valence electrons. The maximum absolute atomic E-state index is 12.1. The molecule has 0 saturated heterocycles. The molecule has 1 aromatic rings. The molecule has 1 fully saturated rings. The summed E-state index contributed by atoms with van der Waals surface area (Å²) in [6, 6.07) is 6.15. The van der Waals surface area contributed by atoms with Crippen molar-refractivity contribution in [2.75, 3.05) is 12.3 Å². The number of nitrogens with one attached hydrogen (secondary N) is 1. The van der Waals surface area contributed by atoms with Crippen LogP contribution in [-0.2, 0) is 10.0 Å². The number of sulfonamides is 1. The Kier molecular flexibility index (Phi) is 4.08. The van der Waals surface area contributed by atoms with E-state index in [1.807, 2.05) is 6.07 Å². The van der Waals surface area contributed by atoms with Crippen LogP contribution < -0.4 is 10.5 Å². The lowest BCUT2D eigenvalue weighted by Crippen LogP contribution is -2.29. The fourth-order valence-corrected chi connectivity index (χ4v) is 3.61. The molecule has 1 aliphatic carbocycles. The van der Waals surface area contributed by atoms with Gasteiger partial charge in [0.05, 0.1) is 17.3 Å². The van der Waals surface area contributed by atoms with Gasteiger partial charge in [-0.1, -0.05) is 12.8 Å². The number of nitriles is 1. The van der Waals surface area contributed by atoms with Crippen LogP contribution in [0.1, 0.15) is 31.2 Å². The van der Waals surface area contributed by atoms with Gasteiger partial charge in [-0.2, -0.15) is 5.26 Å². The van der Waals surface area contributed by atoms with Gasteiger partial charge < -0.3 is 5.73 Å². The van der Waals surface area contributed by atoms with Crippen molar-refractivity contribution in [2.45, 2.75) is 30.6 Å². The summed E-state index contributed by atoms with van der Waals surface area (Å²) in [4.78, 5) is 0.0458. The predicted octanol–water partition coefficient (Wildman–Crippen LogP) is 1.61. The maximum Gasteiger partial charge on any atom is 0.242 e. The Morgan fingerprint density at radius 2 is 2.05 bits per heavy atom. The van der Waals surface area contributed by atoms with Crippen LogP contribution in [0.25, 0.3) is 0 Å². The molecule has 5 nitrogen and oxygen atoms in total. The molecule has 6 heteroatoms. The Bertz CT molecular complexity index is 599. The molecule has 1 aliphatic rings. The SMILES string of the molecule is N#Cc1ccc(S(=O)(=O)NCC2CCCC2)c(N)c1. The molecule has 0 aliphatic heterocycles. The zero-order valence-electron chi connectivity index (χ0n) is 10.6. The number of rotatable bonds is 4. The number of nitrogens with zero attached hydrogens (tertiary/aromatic N) is 1. The van der Waals surface area contributed by atoms with Crippen molar-refractivity contribution in [3.05, 3.63) is 23.8 Å². The monoisotopic (exact) mass is 279 g/mol. The van der Waals surface area contributed by atoms with E-state index in [9.17, 15) is 8.42 Å². The molecule has 1 saturated carbocycles. The normalized spacial score (nSPS) is 16.4. The lowest BCUT2D eigenvalue weighted by atomic mass is 10.1. The summed E-state index contributed by atoms with van der Waals surface area (Å²) >= 11 is 0. The molecular formula is C13H17N3O2S. The van der Waals surface area contributed by atoms with E-state index >= 15 is 0 Å². The molecule has 3 N–H and O–H groups in total. The summed E-state index contributed by atoms with van der Waals surface area (Å²) in [5, 5.41) is 8.73. The molecule has 0 bridgehead atoms. The van der Waals surface area contributed by atoms with Gasteiger partial charge in [-0.05, 0) is 37.0 Å². The van der Waals surface area contributed by atoms with Gasteiger partial charge >= 0.3 is 0 Å². The first kappa shape index (κ1) is 13.8. The van der Waals surface area contributed by atoms with Crippen molar-refractivity contribution in [2.24, 2.45) is 5.92 Å². The minimum absolute atomic E-state index is 0.0458. The first-order valence-electron chi connectivity index (χ1n) is 6.32. The maximum atomic E-state index is 12.1. The second kappa shape index (κ2) is 5.59. The number of hydrogen-bond acceptors (Lipinski definition) is 4. The Balaban J connectivity index is 2.12. The minimum Gasteiger partial charge on any atom is -0.398 e. The zero-order valence-corrected chi connectivity index (χ0v) is 11.4. The topological polar surface area (TPSA) is 96.0 Å². The highest BCUT2D eigenvalue weighted by Gasteiger charge is 2.21. The number of anilines is 1. The highest BCUT2D eigenvalue weighted by molar-refractivity contribution is 7.89. The Hall–Kier alpha value is -1.58. The lowest BCUT2D eigenvalue weighted by Gasteiger charge is -2.12. The lowest BCUT2D eigenvalue weighted by molar-refractivity contribution is 0.520. The highest BCUT2D eigenvalue weighted by atomic mass is 32.2. The van der Waals surface area contributed by atoms with E-state index in [-0.39, 0.29) is 10.6 Å². The van der Waals surface area contributed by atoms with Gasteiger partial charge in [0, 0.05) is 6.54 Å². The quantitative estimate of drug-likeness (QED) is 0.818. The molecule has 2 rings (SSSR count). The van der Waals surface area contributed by atoms with Crippen LogP contribution in [0.5, 0.6) is 0 Å². The van der Waals surface area contributed by atoms with Crippen LogP contribution >= 0.6 is 0 Å². The third-order valence-electron chi connectivity index (χ3n) is 3.47. The van der Waals surface area contributed by atoms with Crippen LogP contribution in [0.2, 0.25) is 0 Å². The summed E-state index contributed by atoms with van der Waals surface area (Å²) in [6.45, 7) is 0.460. The second-order valence-electron chi connectivity index (χ2n) is 4.87. The van der Waals surface area contributed by atoms with E-state index < -0.39 is 10.0 Å². The van der Waals surface area contributed by atoms with Crippen molar-refractivity contribution in [1.82, 2.24) is 4.72 Å². The van der Waals surface area contributed by atoms with E-state index in [0.29, 0.717) is 18.0 Å². The predicted molar refractivity (Wildman–Crippen MR) is 72.7 cm³/mol. The zero-order chi connectivity index (χ0) is 13.9. The average molecular weight is 279 g/mol. The van der Waals surface area contributed by atoms with Gasteiger partial charge in [0.15, 0.2) is 0 Å². The van der Waals surface area contributed by atoms with Crippen LogP contribution in [0.3, 0.4) is 0 Å². The molecule has 0 spiro atoms. The van der Waals surface area contributed by atoms with Crippen molar-refractivity contribution >= 4 is 15.7 Å². The van der Waals surface area contributed by atoms with Crippen LogP contribution in [0.15, 0.2) is 23.1 Å². The largest absolute Gasteiger partial charge is 0.398 e. The minimum atomic E-state index is -3.59. The molecular weight excluding hydrogens is 262 g/mol. The van der Waals surface area contributed by atoms with E-state index in [4.69, 9.17) is 11.0 Å². The molecule has 0 aromatic heterocycles. The summed E-state index contributed by atoms with van der Waals surface area (Å²) in [7, 11) is -3.59. The summed E-state index contributed by atoms with van der Waals surface area (Å²) < 4.78 is 26.9. The molecule has 0 heterocycles. The summed E-state index contributed by atoms with van der Waals surface area (Å²) in [6.07, 6.45) is 4.49.